The number of benzene rings is 1. The molecular weight excluding hydrogens is 282 g/mol. The fourth-order valence-corrected chi connectivity index (χ4v) is 2.11. The molecule has 0 aromatic heterocycles. The molecule has 0 spiro atoms. The molecule has 8 heteroatoms. The van der Waals surface area contributed by atoms with E-state index in [-0.39, 0.29) is 11.4 Å². The summed E-state index contributed by atoms with van der Waals surface area (Å²) < 4.78 is 26.5. The van der Waals surface area contributed by atoms with Gasteiger partial charge in [0.15, 0.2) is 0 Å². The number of nitro groups is 1. The van der Waals surface area contributed by atoms with Gasteiger partial charge in [0.25, 0.3) is 5.69 Å². The van der Waals surface area contributed by atoms with E-state index in [0.29, 0.717) is 25.2 Å². The Balaban J connectivity index is 2.29. The number of non-ortho nitro benzene ring substituents is 1. The van der Waals surface area contributed by atoms with Crippen molar-refractivity contribution < 1.29 is 18.1 Å². The van der Waals surface area contributed by atoms with Crippen molar-refractivity contribution in [2.75, 3.05) is 12.4 Å². The van der Waals surface area contributed by atoms with Crippen LogP contribution in [-0.2, 0) is 9.05 Å². The quantitative estimate of drug-likeness (QED) is 0.333. The van der Waals surface area contributed by atoms with Crippen LogP contribution in [-0.4, -0.2) is 25.7 Å². The number of hydrogen-bond acceptors (Lipinski definition) is 5. The monoisotopic (exact) mass is 293 g/mol. The molecule has 0 saturated carbocycles. The molecular formula is C10H12ClNO5S. The highest BCUT2D eigenvalue weighted by molar-refractivity contribution is 8.13. The third kappa shape index (κ3) is 5.83. The molecule has 0 bridgehead atoms. The number of ether oxygens (including phenoxy) is 1. The molecule has 0 aliphatic heterocycles. The smallest absolute Gasteiger partial charge is 0.269 e. The average Bonchev–Trinajstić information content (AvgIpc) is 2.27. The van der Waals surface area contributed by atoms with Gasteiger partial charge >= 0.3 is 0 Å². The van der Waals surface area contributed by atoms with Gasteiger partial charge in [-0.1, -0.05) is 0 Å². The van der Waals surface area contributed by atoms with E-state index >= 15 is 0 Å². The van der Waals surface area contributed by atoms with Crippen molar-refractivity contribution in [2.45, 2.75) is 12.8 Å². The van der Waals surface area contributed by atoms with Gasteiger partial charge < -0.3 is 4.74 Å². The standard InChI is InChI=1S/C10H12ClNO5S/c11-18(15,16)8-2-1-7-17-10-5-3-9(4-6-10)12(13)14/h3-6H,1-2,7-8H2. The third-order valence-corrected chi connectivity index (χ3v) is 3.34. The molecule has 100 valence electrons. The van der Waals surface area contributed by atoms with Gasteiger partial charge in [0.2, 0.25) is 9.05 Å². The molecule has 1 aromatic rings. The molecule has 1 aromatic carbocycles. The summed E-state index contributed by atoms with van der Waals surface area (Å²) in [5, 5.41) is 10.4. The van der Waals surface area contributed by atoms with Crippen LogP contribution in [0.25, 0.3) is 0 Å². The lowest BCUT2D eigenvalue weighted by molar-refractivity contribution is -0.384. The van der Waals surface area contributed by atoms with Crippen LogP contribution in [0.15, 0.2) is 24.3 Å². The largest absolute Gasteiger partial charge is 0.494 e. The maximum absolute atomic E-state index is 10.6. The first-order valence-corrected chi connectivity index (χ1v) is 7.66. The van der Waals surface area contributed by atoms with Crippen LogP contribution in [0.4, 0.5) is 5.69 Å². The van der Waals surface area contributed by atoms with Crippen LogP contribution in [0.1, 0.15) is 12.8 Å². The van der Waals surface area contributed by atoms with Crippen molar-refractivity contribution in [3.05, 3.63) is 34.4 Å². The van der Waals surface area contributed by atoms with Crippen molar-refractivity contribution in [1.82, 2.24) is 0 Å². The lowest BCUT2D eigenvalue weighted by Crippen LogP contribution is -2.02. The fourth-order valence-electron chi connectivity index (χ4n) is 1.23. The van der Waals surface area contributed by atoms with Crippen LogP contribution in [0.3, 0.4) is 0 Å². The molecule has 0 saturated heterocycles. The first-order valence-electron chi connectivity index (χ1n) is 5.18. The highest BCUT2D eigenvalue weighted by atomic mass is 35.7. The molecule has 0 atom stereocenters. The van der Waals surface area contributed by atoms with Gasteiger partial charge in [-0.05, 0) is 25.0 Å². The van der Waals surface area contributed by atoms with E-state index in [1.54, 1.807) is 0 Å². The van der Waals surface area contributed by atoms with Crippen molar-refractivity contribution >= 4 is 25.4 Å². The van der Waals surface area contributed by atoms with Crippen LogP contribution >= 0.6 is 10.7 Å². The maximum atomic E-state index is 10.6. The van der Waals surface area contributed by atoms with Gasteiger partial charge in [0, 0.05) is 22.8 Å². The number of nitro benzene ring substituents is 1. The van der Waals surface area contributed by atoms with Gasteiger partial charge in [0.05, 0.1) is 17.3 Å². The molecule has 0 heterocycles. The summed E-state index contributed by atoms with van der Waals surface area (Å²) >= 11 is 0. The summed E-state index contributed by atoms with van der Waals surface area (Å²) in [6.07, 6.45) is 0.960. The van der Waals surface area contributed by atoms with Gasteiger partial charge in [-0.3, -0.25) is 10.1 Å². The molecule has 0 fully saturated rings. The summed E-state index contributed by atoms with van der Waals surface area (Å²) in [4.78, 5) is 9.91. The number of hydrogen-bond donors (Lipinski definition) is 0. The summed E-state index contributed by atoms with van der Waals surface area (Å²) in [6.45, 7) is 0.338. The second-order valence-electron chi connectivity index (χ2n) is 3.55. The Bertz CT molecular complexity index is 500. The molecule has 0 aliphatic carbocycles. The molecule has 6 nitrogen and oxygen atoms in total. The highest BCUT2D eigenvalue weighted by Crippen LogP contribution is 2.17. The SMILES string of the molecule is O=[N+]([O-])c1ccc(OCCCCS(=O)(=O)Cl)cc1. The molecule has 0 amide bonds. The summed E-state index contributed by atoms with van der Waals surface area (Å²) in [5.74, 6) is 0.423. The van der Waals surface area contributed by atoms with Crippen molar-refractivity contribution in [2.24, 2.45) is 0 Å². The van der Waals surface area contributed by atoms with E-state index in [2.05, 4.69) is 0 Å². The van der Waals surface area contributed by atoms with Gasteiger partial charge in [-0.15, -0.1) is 0 Å². The van der Waals surface area contributed by atoms with Crippen molar-refractivity contribution in [3.63, 3.8) is 0 Å². The van der Waals surface area contributed by atoms with Crippen LogP contribution in [0, 0.1) is 10.1 Å². The van der Waals surface area contributed by atoms with E-state index in [9.17, 15) is 18.5 Å². The lowest BCUT2D eigenvalue weighted by Gasteiger charge is -2.04. The minimum atomic E-state index is -3.44. The van der Waals surface area contributed by atoms with Crippen LogP contribution in [0.5, 0.6) is 5.75 Å². The number of unbranched alkanes of at least 4 members (excludes halogenated alkanes) is 1. The second-order valence-corrected chi connectivity index (χ2v) is 6.45. The zero-order valence-electron chi connectivity index (χ0n) is 9.41. The Kier molecular flexibility index (Phi) is 5.36. The Hall–Kier alpha value is -1.34. The first-order chi connectivity index (χ1) is 8.38. The van der Waals surface area contributed by atoms with Crippen molar-refractivity contribution in [1.29, 1.82) is 0 Å². The molecule has 0 unspecified atom stereocenters. The normalized spacial score (nSPS) is 11.2. The Morgan fingerprint density at radius 3 is 2.33 bits per heavy atom. The third-order valence-electron chi connectivity index (χ3n) is 2.10. The summed E-state index contributed by atoms with van der Waals surface area (Å²) in [7, 11) is 1.60. The van der Waals surface area contributed by atoms with Gasteiger partial charge in [-0.25, -0.2) is 8.42 Å². The number of halogens is 1. The van der Waals surface area contributed by atoms with Crippen molar-refractivity contribution in [3.8, 4) is 5.75 Å². The van der Waals surface area contributed by atoms with E-state index in [1.807, 2.05) is 0 Å². The fraction of sp³-hybridized carbons (Fsp3) is 0.400. The van der Waals surface area contributed by atoms with Crippen LogP contribution in [0.2, 0.25) is 0 Å². The second kappa shape index (κ2) is 6.55. The summed E-state index contributed by atoms with van der Waals surface area (Å²) in [5.41, 5.74) is -0.00409. The zero-order valence-corrected chi connectivity index (χ0v) is 11.0. The predicted octanol–water partition coefficient (Wildman–Crippen LogP) is 2.32. The minimum Gasteiger partial charge on any atom is -0.494 e. The maximum Gasteiger partial charge on any atom is 0.269 e. The molecule has 0 radical (unpaired) electrons. The molecule has 18 heavy (non-hydrogen) atoms. The Morgan fingerprint density at radius 2 is 1.83 bits per heavy atom. The summed E-state index contributed by atoms with van der Waals surface area (Å²) in [6, 6.07) is 5.68. The minimum absolute atomic E-state index is 0.00409. The predicted molar refractivity (Wildman–Crippen MR) is 67.5 cm³/mol. The van der Waals surface area contributed by atoms with E-state index < -0.39 is 14.0 Å². The van der Waals surface area contributed by atoms with E-state index in [0.717, 1.165) is 0 Å². The lowest BCUT2D eigenvalue weighted by atomic mass is 10.3. The molecule has 1 rings (SSSR count). The number of nitrogens with zero attached hydrogens (tertiary/aromatic N) is 1. The average molecular weight is 294 g/mol. The zero-order chi connectivity index (χ0) is 13.6. The van der Waals surface area contributed by atoms with Gasteiger partial charge in [-0.2, -0.15) is 0 Å². The van der Waals surface area contributed by atoms with E-state index in [1.165, 1.54) is 24.3 Å². The van der Waals surface area contributed by atoms with E-state index in [4.69, 9.17) is 15.4 Å². The number of rotatable bonds is 7. The topological polar surface area (TPSA) is 86.5 Å². The molecule has 0 aliphatic rings. The van der Waals surface area contributed by atoms with Crippen LogP contribution < -0.4 is 4.74 Å². The Morgan fingerprint density at radius 1 is 1.22 bits per heavy atom. The highest BCUT2D eigenvalue weighted by Gasteiger charge is 2.05. The molecule has 0 N–H and O–H groups in total. The Labute approximate surface area is 109 Å². The first kappa shape index (κ1) is 14.7. The van der Waals surface area contributed by atoms with Gasteiger partial charge in [0.1, 0.15) is 5.75 Å².